The first-order valence-corrected chi connectivity index (χ1v) is 8.21. The van der Waals surface area contributed by atoms with Gasteiger partial charge in [0.1, 0.15) is 0 Å². The highest BCUT2D eigenvalue weighted by atomic mass is 16.2. The maximum atomic E-state index is 12.2. The monoisotopic (exact) mass is 303 g/mol. The molecule has 1 aliphatic heterocycles. The minimum absolute atomic E-state index is 0.305. The summed E-state index contributed by atoms with van der Waals surface area (Å²) in [5.74, 6) is 0.305. The van der Waals surface area contributed by atoms with Crippen molar-refractivity contribution >= 4 is 11.6 Å². The molecule has 0 aromatic heterocycles. The van der Waals surface area contributed by atoms with E-state index < -0.39 is 0 Å². The van der Waals surface area contributed by atoms with Gasteiger partial charge in [-0.05, 0) is 44.5 Å². The van der Waals surface area contributed by atoms with Crippen LogP contribution in [0.25, 0.3) is 0 Å². The van der Waals surface area contributed by atoms with Gasteiger partial charge in [-0.2, -0.15) is 0 Å². The molecule has 1 aromatic rings. The van der Waals surface area contributed by atoms with E-state index in [0.29, 0.717) is 18.4 Å². The second-order valence-corrected chi connectivity index (χ2v) is 6.63. The van der Waals surface area contributed by atoms with Crippen molar-refractivity contribution in [3.63, 3.8) is 0 Å². The Hall–Kier alpha value is -1.55. The molecule has 0 aliphatic carbocycles. The molecule has 1 unspecified atom stereocenters. The number of rotatable bonds is 6. The van der Waals surface area contributed by atoms with Crippen LogP contribution < -0.4 is 4.90 Å². The van der Waals surface area contributed by atoms with E-state index in [1.165, 1.54) is 11.3 Å². The molecule has 2 rings (SSSR count). The molecule has 1 heterocycles. The molecule has 22 heavy (non-hydrogen) atoms. The van der Waals surface area contributed by atoms with E-state index >= 15 is 0 Å². The lowest BCUT2D eigenvalue weighted by atomic mass is 10.2. The molecule has 4 nitrogen and oxygen atoms in total. The van der Waals surface area contributed by atoms with Crippen LogP contribution in [0.3, 0.4) is 0 Å². The standard InChI is InChI=1S/C18H29N3O/c1-15-7-6-11-21(15)18(22)10-12-20(4)14-16-8-5-9-17(13-16)19(2)3/h5,8-9,13,15H,6-7,10-12,14H2,1-4H3. The second-order valence-electron chi connectivity index (χ2n) is 6.63. The lowest BCUT2D eigenvalue weighted by molar-refractivity contribution is -0.132. The number of hydrogen-bond acceptors (Lipinski definition) is 3. The molecule has 0 bridgehead atoms. The quantitative estimate of drug-likeness (QED) is 0.808. The maximum absolute atomic E-state index is 12.2. The van der Waals surface area contributed by atoms with Crippen molar-refractivity contribution in [3.8, 4) is 0 Å². The normalized spacial score (nSPS) is 18.0. The van der Waals surface area contributed by atoms with Crippen LogP contribution >= 0.6 is 0 Å². The zero-order chi connectivity index (χ0) is 16.1. The fraction of sp³-hybridized carbons (Fsp3) is 0.611. The number of carbonyl (C=O) groups excluding carboxylic acids is 1. The summed E-state index contributed by atoms with van der Waals surface area (Å²) in [7, 11) is 6.19. The molecule has 1 aliphatic rings. The second kappa shape index (κ2) is 7.63. The predicted octanol–water partition coefficient (Wildman–Crippen LogP) is 2.59. The van der Waals surface area contributed by atoms with Crippen molar-refractivity contribution in [1.29, 1.82) is 0 Å². The summed E-state index contributed by atoms with van der Waals surface area (Å²) in [6.45, 7) is 4.79. The summed E-state index contributed by atoms with van der Waals surface area (Å²) >= 11 is 0. The minimum atomic E-state index is 0.305. The van der Waals surface area contributed by atoms with Crippen LogP contribution in [0, 0.1) is 0 Å². The molecule has 0 radical (unpaired) electrons. The highest BCUT2D eigenvalue weighted by Crippen LogP contribution is 2.18. The van der Waals surface area contributed by atoms with Gasteiger partial charge in [0.25, 0.3) is 0 Å². The Kier molecular flexibility index (Phi) is 5.83. The van der Waals surface area contributed by atoms with Gasteiger partial charge in [0.2, 0.25) is 5.91 Å². The number of amides is 1. The van der Waals surface area contributed by atoms with Crippen LogP contribution in [-0.4, -0.2) is 56.0 Å². The summed E-state index contributed by atoms with van der Waals surface area (Å²) in [5.41, 5.74) is 2.50. The third kappa shape index (κ3) is 4.47. The summed E-state index contributed by atoms with van der Waals surface area (Å²) in [6, 6.07) is 8.99. The van der Waals surface area contributed by atoms with Crippen LogP contribution in [0.15, 0.2) is 24.3 Å². The zero-order valence-corrected chi connectivity index (χ0v) is 14.4. The molecule has 4 heteroatoms. The largest absolute Gasteiger partial charge is 0.378 e. The Labute approximate surface area is 134 Å². The predicted molar refractivity (Wildman–Crippen MR) is 92.1 cm³/mol. The molecule has 1 atom stereocenters. The number of nitrogens with zero attached hydrogens (tertiary/aromatic N) is 3. The fourth-order valence-corrected chi connectivity index (χ4v) is 3.06. The van der Waals surface area contributed by atoms with Crippen LogP contribution in [0.1, 0.15) is 31.7 Å². The van der Waals surface area contributed by atoms with E-state index in [1.807, 2.05) is 4.90 Å². The van der Waals surface area contributed by atoms with Gasteiger partial charge in [0, 0.05) is 51.9 Å². The van der Waals surface area contributed by atoms with Gasteiger partial charge in [-0.1, -0.05) is 12.1 Å². The van der Waals surface area contributed by atoms with Crippen LogP contribution in [-0.2, 0) is 11.3 Å². The highest BCUT2D eigenvalue weighted by molar-refractivity contribution is 5.77. The summed E-state index contributed by atoms with van der Waals surface area (Å²) in [6.07, 6.45) is 2.92. The Morgan fingerprint density at radius 1 is 1.32 bits per heavy atom. The summed E-state index contributed by atoms with van der Waals surface area (Å²) < 4.78 is 0. The van der Waals surface area contributed by atoms with Gasteiger partial charge in [0.05, 0.1) is 0 Å². The Morgan fingerprint density at radius 2 is 2.09 bits per heavy atom. The lowest BCUT2D eigenvalue weighted by Gasteiger charge is -2.23. The molecule has 1 saturated heterocycles. The fourth-order valence-electron chi connectivity index (χ4n) is 3.06. The van der Waals surface area contributed by atoms with Gasteiger partial charge < -0.3 is 14.7 Å². The highest BCUT2D eigenvalue weighted by Gasteiger charge is 2.24. The maximum Gasteiger partial charge on any atom is 0.224 e. The van der Waals surface area contributed by atoms with Crippen molar-refractivity contribution < 1.29 is 4.79 Å². The topological polar surface area (TPSA) is 26.8 Å². The van der Waals surface area contributed by atoms with Crippen molar-refractivity contribution in [2.24, 2.45) is 0 Å². The first-order valence-electron chi connectivity index (χ1n) is 8.21. The van der Waals surface area contributed by atoms with Crippen molar-refractivity contribution in [1.82, 2.24) is 9.80 Å². The first-order chi connectivity index (χ1) is 10.5. The van der Waals surface area contributed by atoms with Gasteiger partial charge >= 0.3 is 0 Å². The number of benzene rings is 1. The molecule has 0 N–H and O–H groups in total. The molecule has 1 fully saturated rings. The van der Waals surface area contributed by atoms with Gasteiger partial charge in [-0.3, -0.25) is 4.79 Å². The SMILES string of the molecule is CC1CCCN1C(=O)CCN(C)Cc1cccc(N(C)C)c1. The number of likely N-dealkylation sites (tertiary alicyclic amines) is 1. The van der Waals surface area contributed by atoms with E-state index in [4.69, 9.17) is 0 Å². The summed E-state index contributed by atoms with van der Waals surface area (Å²) in [4.78, 5) is 18.6. The van der Waals surface area contributed by atoms with Gasteiger partial charge in [-0.25, -0.2) is 0 Å². The average Bonchev–Trinajstić information content (AvgIpc) is 2.91. The average molecular weight is 303 g/mol. The molecular formula is C18H29N3O. The first kappa shape index (κ1) is 16.8. The molecule has 0 saturated carbocycles. The third-order valence-corrected chi connectivity index (χ3v) is 4.46. The van der Waals surface area contributed by atoms with Crippen LogP contribution in [0.4, 0.5) is 5.69 Å². The van der Waals surface area contributed by atoms with Crippen molar-refractivity contribution in [2.75, 3.05) is 39.1 Å². The van der Waals surface area contributed by atoms with E-state index in [1.54, 1.807) is 0 Å². The van der Waals surface area contributed by atoms with Crippen molar-refractivity contribution in [2.45, 2.75) is 38.8 Å². The van der Waals surface area contributed by atoms with Crippen LogP contribution in [0.2, 0.25) is 0 Å². The Bertz CT molecular complexity index is 501. The van der Waals surface area contributed by atoms with Gasteiger partial charge in [-0.15, -0.1) is 0 Å². The summed E-state index contributed by atoms with van der Waals surface area (Å²) in [5, 5.41) is 0. The number of carbonyl (C=O) groups is 1. The molecule has 122 valence electrons. The van der Waals surface area contributed by atoms with E-state index in [0.717, 1.165) is 32.5 Å². The molecule has 1 aromatic carbocycles. The molecule has 0 spiro atoms. The molecular weight excluding hydrogens is 274 g/mol. The van der Waals surface area contributed by atoms with E-state index in [9.17, 15) is 4.79 Å². The Balaban J connectivity index is 1.81. The zero-order valence-electron chi connectivity index (χ0n) is 14.4. The number of anilines is 1. The Morgan fingerprint density at radius 3 is 2.73 bits per heavy atom. The number of hydrogen-bond donors (Lipinski definition) is 0. The van der Waals surface area contributed by atoms with Crippen LogP contribution in [0.5, 0.6) is 0 Å². The lowest BCUT2D eigenvalue weighted by Crippen LogP contribution is -2.35. The minimum Gasteiger partial charge on any atom is -0.378 e. The van der Waals surface area contributed by atoms with E-state index in [-0.39, 0.29) is 0 Å². The van der Waals surface area contributed by atoms with Crippen molar-refractivity contribution in [3.05, 3.63) is 29.8 Å². The molecule has 1 amide bonds. The van der Waals surface area contributed by atoms with E-state index in [2.05, 4.69) is 62.1 Å². The third-order valence-electron chi connectivity index (χ3n) is 4.46. The smallest absolute Gasteiger partial charge is 0.224 e. The van der Waals surface area contributed by atoms with Gasteiger partial charge in [0.15, 0.2) is 0 Å².